The van der Waals surface area contributed by atoms with Crippen LogP contribution in [0.5, 0.6) is 0 Å². The molecule has 0 amide bonds. The van der Waals surface area contributed by atoms with Gasteiger partial charge in [-0.25, -0.2) is 0 Å². The van der Waals surface area contributed by atoms with E-state index in [0.717, 1.165) is 38.2 Å². The van der Waals surface area contributed by atoms with Gasteiger partial charge in [0.2, 0.25) is 0 Å². The number of nitrogens with one attached hydrogen (secondary N) is 1. The molecule has 0 saturated carbocycles. The topological polar surface area (TPSA) is 62.3 Å². The molecule has 1 aromatic rings. The summed E-state index contributed by atoms with van der Waals surface area (Å²) in [4.78, 5) is 2.21. The van der Waals surface area contributed by atoms with Crippen LogP contribution in [0.3, 0.4) is 0 Å². The van der Waals surface area contributed by atoms with E-state index in [2.05, 4.69) is 11.8 Å². The van der Waals surface area contributed by atoms with Gasteiger partial charge in [-0.15, -0.1) is 0 Å². The monoisotopic (exact) mass is 281 g/mol. The Labute approximate surface area is 119 Å². The third kappa shape index (κ3) is 3.39. The van der Waals surface area contributed by atoms with Crippen LogP contribution in [0.15, 0.2) is 18.2 Å². The van der Waals surface area contributed by atoms with Crippen LogP contribution in [0.25, 0.3) is 0 Å². The number of hydrogen-bond donors (Lipinski definition) is 2. The normalized spacial score (nSPS) is 18.5. The Balaban J connectivity index is 2.15. The minimum Gasteiger partial charge on any atom is -0.384 e. The second kappa shape index (κ2) is 6.26. The fourth-order valence-electron chi connectivity index (χ4n) is 2.36. The van der Waals surface area contributed by atoms with E-state index >= 15 is 0 Å². The van der Waals surface area contributed by atoms with Gasteiger partial charge in [0.25, 0.3) is 0 Å². The van der Waals surface area contributed by atoms with Crippen LogP contribution in [0.1, 0.15) is 25.3 Å². The zero-order valence-corrected chi connectivity index (χ0v) is 11.9. The molecule has 1 atom stereocenters. The van der Waals surface area contributed by atoms with E-state index in [-0.39, 0.29) is 5.84 Å². The van der Waals surface area contributed by atoms with Crippen LogP contribution in [0.2, 0.25) is 5.02 Å². The second-order valence-corrected chi connectivity index (χ2v) is 5.16. The van der Waals surface area contributed by atoms with Gasteiger partial charge < -0.3 is 15.4 Å². The minimum absolute atomic E-state index is 0.0376. The molecule has 0 bridgehead atoms. The molecule has 1 heterocycles. The Morgan fingerprint density at radius 3 is 2.89 bits per heavy atom. The summed E-state index contributed by atoms with van der Waals surface area (Å²) in [6.07, 6.45) is 2.54. The highest BCUT2D eigenvalue weighted by molar-refractivity contribution is 6.33. The molecule has 4 nitrogen and oxygen atoms in total. The van der Waals surface area contributed by atoms with E-state index in [1.807, 2.05) is 12.1 Å². The molecule has 104 valence electrons. The molecule has 1 aliphatic rings. The Kier molecular flexibility index (Phi) is 4.66. The summed E-state index contributed by atoms with van der Waals surface area (Å²) in [5.41, 5.74) is 7.10. The maximum Gasteiger partial charge on any atom is 0.122 e. The van der Waals surface area contributed by atoms with Crippen LogP contribution in [0, 0.1) is 5.41 Å². The number of hydrogen-bond acceptors (Lipinski definition) is 3. The Bertz CT molecular complexity index is 458. The molecule has 0 aliphatic carbocycles. The number of ether oxygens (including phenoxy) is 1. The van der Waals surface area contributed by atoms with Crippen LogP contribution in [-0.2, 0) is 4.74 Å². The third-order valence-corrected chi connectivity index (χ3v) is 3.73. The SMILES string of the molecule is CCN(CC1CCCO1)c1ccc(C(=N)N)cc1Cl. The fraction of sp³-hybridized carbons (Fsp3) is 0.500. The van der Waals surface area contributed by atoms with Gasteiger partial charge in [-0.05, 0) is 38.0 Å². The predicted molar refractivity (Wildman–Crippen MR) is 79.3 cm³/mol. The lowest BCUT2D eigenvalue weighted by molar-refractivity contribution is 0.115. The van der Waals surface area contributed by atoms with Gasteiger partial charge >= 0.3 is 0 Å². The van der Waals surface area contributed by atoms with Gasteiger partial charge in [0.05, 0.1) is 16.8 Å². The van der Waals surface area contributed by atoms with Gasteiger partial charge in [0.15, 0.2) is 0 Å². The first-order valence-electron chi connectivity index (χ1n) is 6.62. The van der Waals surface area contributed by atoms with Crippen molar-refractivity contribution in [3.63, 3.8) is 0 Å². The quantitative estimate of drug-likeness (QED) is 0.644. The van der Waals surface area contributed by atoms with E-state index in [4.69, 9.17) is 27.5 Å². The van der Waals surface area contributed by atoms with Gasteiger partial charge in [-0.1, -0.05) is 11.6 Å². The Morgan fingerprint density at radius 1 is 1.58 bits per heavy atom. The number of halogens is 1. The zero-order valence-electron chi connectivity index (χ0n) is 11.2. The molecule has 19 heavy (non-hydrogen) atoms. The van der Waals surface area contributed by atoms with E-state index in [1.165, 1.54) is 0 Å². The van der Waals surface area contributed by atoms with Crippen LogP contribution < -0.4 is 10.6 Å². The highest BCUT2D eigenvalue weighted by Crippen LogP contribution is 2.28. The first kappa shape index (κ1) is 14.2. The highest BCUT2D eigenvalue weighted by atomic mass is 35.5. The van der Waals surface area contributed by atoms with Crippen molar-refractivity contribution in [2.75, 3.05) is 24.6 Å². The standard InChI is InChI=1S/C14H20ClN3O/c1-2-18(9-11-4-3-7-19-11)13-6-5-10(14(16)17)8-12(13)15/h5-6,8,11H,2-4,7,9H2,1H3,(H3,16,17). The number of amidine groups is 1. The summed E-state index contributed by atoms with van der Waals surface area (Å²) >= 11 is 6.30. The van der Waals surface area contributed by atoms with E-state index in [1.54, 1.807) is 6.07 Å². The summed E-state index contributed by atoms with van der Waals surface area (Å²) in [6.45, 7) is 4.69. The lowest BCUT2D eigenvalue weighted by atomic mass is 10.1. The molecule has 0 spiro atoms. The lowest BCUT2D eigenvalue weighted by Crippen LogP contribution is -2.32. The van der Waals surface area contributed by atoms with Gasteiger partial charge in [-0.3, -0.25) is 5.41 Å². The van der Waals surface area contributed by atoms with Crippen molar-refractivity contribution in [2.24, 2.45) is 5.73 Å². The first-order valence-corrected chi connectivity index (χ1v) is 7.00. The molecule has 1 fully saturated rings. The van der Waals surface area contributed by atoms with Gasteiger partial charge in [0, 0.05) is 25.3 Å². The summed E-state index contributed by atoms with van der Waals surface area (Å²) in [7, 11) is 0. The summed E-state index contributed by atoms with van der Waals surface area (Å²) in [5.74, 6) is 0.0376. The van der Waals surface area contributed by atoms with Gasteiger partial charge in [-0.2, -0.15) is 0 Å². The maximum atomic E-state index is 7.42. The van der Waals surface area contributed by atoms with E-state index < -0.39 is 0 Å². The first-order chi connectivity index (χ1) is 9.11. The molecule has 0 radical (unpaired) electrons. The van der Waals surface area contributed by atoms with Crippen LogP contribution >= 0.6 is 11.6 Å². The van der Waals surface area contributed by atoms with Crippen molar-refractivity contribution in [1.82, 2.24) is 0 Å². The molecule has 1 unspecified atom stereocenters. The summed E-state index contributed by atoms with van der Waals surface area (Å²) in [5, 5.41) is 8.05. The van der Waals surface area contributed by atoms with Crippen molar-refractivity contribution in [2.45, 2.75) is 25.9 Å². The van der Waals surface area contributed by atoms with Crippen molar-refractivity contribution in [1.29, 1.82) is 5.41 Å². The largest absolute Gasteiger partial charge is 0.384 e. The van der Waals surface area contributed by atoms with Gasteiger partial charge in [0.1, 0.15) is 5.84 Å². The molecule has 2 rings (SSSR count). The number of nitrogens with zero attached hydrogens (tertiary/aromatic N) is 1. The molecular weight excluding hydrogens is 262 g/mol. The predicted octanol–water partition coefficient (Wildman–Crippen LogP) is 2.63. The van der Waals surface area contributed by atoms with E-state index in [9.17, 15) is 0 Å². The molecule has 0 aromatic heterocycles. The molecule has 5 heteroatoms. The number of nitrogens with two attached hydrogens (primary N) is 1. The number of benzene rings is 1. The lowest BCUT2D eigenvalue weighted by Gasteiger charge is -2.27. The smallest absolute Gasteiger partial charge is 0.122 e. The highest BCUT2D eigenvalue weighted by Gasteiger charge is 2.20. The second-order valence-electron chi connectivity index (χ2n) is 4.75. The number of anilines is 1. The Hall–Kier alpha value is -1.26. The molecule has 1 aliphatic heterocycles. The van der Waals surface area contributed by atoms with Crippen molar-refractivity contribution in [3.05, 3.63) is 28.8 Å². The number of rotatable bonds is 5. The van der Waals surface area contributed by atoms with Crippen molar-refractivity contribution >= 4 is 23.1 Å². The number of nitrogen functional groups attached to an aromatic ring is 1. The molecular formula is C14H20ClN3O. The molecule has 3 N–H and O–H groups in total. The summed E-state index contributed by atoms with van der Waals surface area (Å²) in [6, 6.07) is 5.51. The molecule has 1 aromatic carbocycles. The third-order valence-electron chi connectivity index (χ3n) is 3.43. The van der Waals surface area contributed by atoms with Crippen LogP contribution in [0.4, 0.5) is 5.69 Å². The molecule has 1 saturated heterocycles. The minimum atomic E-state index is 0.0376. The van der Waals surface area contributed by atoms with Crippen LogP contribution in [-0.4, -0.2) is 31.6 Å². The van der Waals surface area contributed by atoms with Crippen molar-refractivity contribution in [3.8, 4) is 0 Å². The van der Waals surface area contributed by atoms with Crippen molar-refractivity contribution < 1.29 is 4.74 Å². The Morgan fingerprint density at radius 2 is 2.37 bits per heavy atom. The maximum absolute atomic E-state index is 7.42. The average molecular weight is 282 g/mol. The summed E-state index contributed by atoms with van der Waals surface area (Å²) < 4.78 is 5.67. The fourth-order valence-corrected chi connectivity index (χ4v) is 2.66. The average Bonchev–Trinajstić information content (AvgIpc) is 2.89. The zero-order chi connectivity index (χ0) is 13.8. The van der Waals surface area contributed by atoms with E-state index in [0.29, 0.717) is 16.7 Å². The number of likely N-dealkylation sites (N-methyl/N-ethyl adjacent to an activating group) is 1.